The Hall–Kier alpha value is -0.880. The first-order chi connectivity index (χ1) is 8.04. The largest absolute Gasteiger partial charge is 0.354 e. The average molecular weight is 319 g/mol. The van der Waals surface area contributed by atoms with Crippen molar-refractivity contribution in [2.24, 2.45) is 0 Å². The smallest absolute Gasteiger partial charge is 0.252 e. The fourth-order valence-electron chi connectivity index (χ4n) is 1.18. The minimum absolute atomic E-state index is 0.158. The van der Waals surface area contributed by atoms with Crippen LogP contribution in [0.15, 0.2) is 15.2 Å². The summed E-state index contributed by atoms with van der Waals surface area (Å²) in [6.07, 6.45) is 0.879. The third kappa shape index (κ3) is 4.47. The van der Waals surface area contributed by atoms with E-state index in [9.17, 15) is 9.59 Å². The summed E-state index contributed by atoms with van der Waals surface area (Å²) in [7, 11) is 0. The van der Waals surface area contributed by atoms with Crippen molar-refractivity contribution < 1.29 is 9.59 Å². The van der Waals surface area contributed by atoms with Gasteiger partial charge in [-0.1, -0.05) is 6.92 Å². The number of nitrogens with one attached hydrogen (secondary N) is 2. The predicted octanol–water partition coefficient (Wildman–Crippen LogP) is 2.16. The minimum atomic E-state index is -0.521. The molecule has 0 saturated carbocycles. The molecule has 1 rings (SSSR count). The molecule has 0 aliphatic carbocycles. The molecule has 6 heteroatoms. The number of hydrogen-bond donors (Lipinski definition) is 2. The number of hydrogen-bond acceptors (Lipinski definition) is 3. The van der Waals surface area contributed by atoms with E-state index in [-0.39, 0.29) is 11.8 Å². The maximum Gasteiger partial charge on any atom is 0.252 e. The normalized spacial score (nSPS) is 11.9. The molecule has 0 aliphatic rings. The average Bonchev–Trinajstić information content (AvgIpc) is 2.72. The summed E-state index contributed by atoms with van der Waals surface area (Å²) in [5.74, 6) is -0.388. The molecular formula is C11H15BrN2O2S. The molecule has 1 aromatic heterocycles. The second-order valence-corrected chi connectivity index (χ2v) is 5.92. The lowest BCUT2D eigenvalue weighted by Crippen LogP contribution is -2.44. The topological polar surface area (TPSA) is 58.2 Å². The maximum absolute atomic E-state index is 11.7. The summed E-state index contributed by atoms with van der Waals surface area (Å²) in [4.78, 5) is 23.3. The van der Waals surface area contributed by atoms with Gasteiger partial charge < -0.3 is 10.6 Å². The van der Waals surface area contributed by atoms with Crippen LogP contribution in [0.25, 0.3) is 0 Å². The Kier molecular flexibility index (Phi) is 5.64. The fraction of sp³-hybridized carbons (Fsp3) is 0.455. The highest BCUT2D eigenvalue weighted by Gasteiger charge is 2.16. The summed E-state index contributed by atoms with van der Waals surface area (Å²) < 4.78 is 0.894. The van der Waals surface area contributed by atoms with Crippen molar-refractivity contribution in [3.05, 3.63) is 20.8 Å². The van der Waals surface area contributed by atoms with Crippen molar-refractivity contribution in [3.63, 3.8) is 0 Å². The number of rotatable bonds is 5. The number of thiophene rings is 1. The van der Waals surface area contributed by atoms with Gasteiger partial charge in [0.15, 0.2) is 0 Å². The summed E-state index contributed by atoms with van der Waals surface area (Å²) in [5, 5.41) is 7.13. The Morgan fingerprint density at radius 3 is 2.76 bits per heavy atom. The molecule has 0 fully saturated rings. The fourth-order valence-corrected chi connectivity index (χ4v) is 2.31. The molecule has 0 aliphatic heterocycles. The van der Waals surface area contributed by atoms with E-state index in [1.54, 1.807) is 18.4 Å². The lowest BCUT2D eigenvalue weighted by atomic mass is 10.2. The van der Waals surface area contributed by atoms with E-state index in [4.69, 9.17) is 0 Å². The molecule has 0 saturated heterocycles. The first-order valence-corrected chi connectivity index (χ1v) is 7.04. The van der Waals surface area contributed by atoms with E-state index in [1.165, 1.54) is 11.3 Å². The van der Waals surface area contributed by atoms with Gasteiger partial charge in [0.25, 0.3) is 5.91 Å². The van der Waals surface area contributed by atoms with Crippen LogP contribution in [0.5, 0.6) is 0 Å². The summed E-state index contributed by atoms with van der Waals surface area (Å²) in [6.45, 7) is 4.28. The van der Waals surface area contributed by atoms with Gasteiger partial charge in [-0.3, -0.25) is 9.59 Å². The number of halogens is 1. The molecule has 4 nitrogen and oxygen atoms in total. The van der Waals surface area contributed by atoms with E-state index >= 15 is 0 Å². The van der Waals surface area contributed by atoms with Crippen LogP contribution >= 0.6 is 27.3 Å². The molecule has 1 heterocycles. The van der Waals surface area contributed by atoms with Crippen LogP contribution in [-0.4, -0.2) is 24.4 Å². The Morgan fingerprint density at radius 1 is 1.53 bits per heavy atom. The third-order valence-electron chi connectivity index (χ3n) is 2.12. The van der Waals surface area contributed by atoms with Gasteiger partial charge in [-0.05, 0) is 35.3 Å². The van der Waals surface area contributed by atoms with Crippen molar-refractivity contribution in [2.45, 2.75) is 26.3 Å². The van der Waals surface area contributed by atoms with Crippen molar-refractivity contribution in [2.75, 3.05) is 6.54 Å². The highest BCUT2D eigenvalue weighted by atomic mass is 79.9. The molecule has 94 valence electrons. The maximum atomic E-state index is 11.7. The van der Waals surface area contributed by atoms with Gasteiger partial charge in [0, 0.05) is 11.9 Å². The zero-order valence-electron chi connectivity index (χ0n) is 9.75. The lowest BCUT2D eigenvalue weighted by Gasteiger charge is -2.13. The zero-order valence-corrected chi connectivity index (χ0v) is 12.2. The summed E-state index contributed by atoms with van der Waals surface area (Å²) in [6, 6.07) is 1.21. The minimum Gasteiger partial charge on any atom is -0.354 e. The molecule has 2 amide bonds. The molecule has 0 radical (unpaired) electrons. The van der Waals surface area contributed by atoms with Crippen molar-refractivity contribution in [3.8, 4) is 0 Å². The van der Waals surface area contributed by atoms with E-state index < -0.39 is 6.04 Å². The van der Waals surface area contributed by atoms with Gasteiger partial charge in [0.2, 0.25) is 5.91 Å². The molecular weight excluding hydrogens is 304 g/mol. The predicted molar refractivity (Wildman–Crippen MR) is 72.2 cm³/mol. The van der Waals surface area contributed by atoms with Crippen molar-refractivity contribution in [1.29, 1.82) is 0 Å². The second-order valence-electron chi connectivity index (χ2n) is 3.63. The van der Waals surface area contributed by atoms with Crippen LogP contribution < -0.4 is 10.6 Å². The van der Waals surface area contributed by atoms with Crippen LogP contribution in [0.2, 0.25) is 0 Å². The van der Waals surface area contributed by atoms with E-state index in [0.29, 0.717) is 12.1 Å². The quantitative estimate of drug-likeness (QED) is 0.874. The first kappa shape index (κ1) is 14.2. The van der Waals surface area contributed by atoms with Gasteiger partial charge in [-0.2, -0.15) is 0 Å². The number of carbonyl (C=O) groups excluding carboxylic acids is 2. The Morgan fingerprint density at radius 2 is 2.24 bits per heavy atom. The molecule has 0 bridgehead atoms. The number of carbonyl (C=O) groups is 2. The van der Waals surface area contributed by atoms with Gasteiger partial charge in [-0.25, -0.2) is 0 Å². The number of amides is 2. The van der Waals surface area contributed by atoms with Crippen LogP contribution in [-0.2, 0) is 4.79 Å². The van der Waals surface area contributed by atoms with Crippen LogP contribution in [0, 0.1) is 0 Å². The highest BCUT2D eigenvalue weighted by Crippen LogP contribution is 2.20. The van der Waals surface area contributed by atoms with Crippen molar-refractivity contribution >= 4 is 39.1 Å². The Balaban J connectivity index is 2.48. The van der Waals surface area contributed by atoms with Crippen LogP contribution in [0.3, 0.4) is 0 Å². The molecule has 17 heavy (non-hydrogen) atoms. The zero-order chi connectivity index (χ0) is 12.8. The monoisotopic (exact) mass is 318 g/mol. The third-order valence-corrected chi connectivity index (χ3v) is 3.62. The van der Waals surface area contributed by atoms with Gasteiger partial charge in [0.05, 0.1) is 9.35 Å². The Bertz CT molecular complexity index is 406. The van der Waals surface area contributed by atoms with Gasteiger partial charge in [-0.15, -0.1) is 11.3 Å². The molecule has 1 atom stereocenters. The molecule has 1 aromatic rings. The first-order valence-electron chi connectivity index (χ1n) is 5.37. The summed E-state index contributed by atoms with van der Waals surface area (Å²) >= 11 is 4.73. The van der Waals surface area contributed by atoms with Gasteiger partial charge in [0.1, 0.15) is 6.04 Å². The second kappa shape index (κ2) is 6.76. The van der Waals surface area contributed by atoms with E-state index in [0.717, 1.165) is 10.2 Å². The molecule has 0 aromatic carbocycles. The summed E-state index contributed by atoms with van der Waals surface area (Å²) in [5.41, 5.74) is 0.567. The highest BCUT2D eigenvalue weighted by molar-refractivity contribution is 9.11. The SMILES string of the molecule is CCCNC(=O)C(C)NC(=O)c1csc(Br)c1. The molecule has 1 unspecified atom stereocenters. The van der Waals surface area contributed by atoms with Crippen LogP contribution in [0.4, 0.5) is 0 Å². The van der Waals surface area contributed by atoms with E-state index in [2.05, 4.69) is 26.6 Å². The standard InChI is InChI=1S/C11H15BrN2O2S/c1-3-4-13-10(15)7(2)14-11(16)8-5-9(12)17-6-8/h5-7H,3-4H2,1-2H3,(H,13,15)(H,14,16). The van der Waals surface area contributed by atoms with Crippen molar-refractivity contribution in [1.82, 2.24) is 10.6 Å². The lowest BCUT2D eigenvalue weighted by molar-refractivity contribution is -0.122. The molecule has 0 spiro atoms. The van der Waals surface area contributed by atoms with Crippen LogP contribution in [0.1, 0.15) is 30.6 Å². The van der Waals surface area contributed by atoms with E-state index in [1.807, 2.05) is 6.92 Å². The molecule has 2 N–H and O–H groups in total. The van der Waals surface area contributed by atoms with Gasteiger partial charge >= 0.3 is 0 Å². The Labute approximate surface area is 113 Å².